The molecule has 4 nitrogen and oxygen atoms in total. The van der Waals surface area contributed by atoms with Crippen LogP contribution in [0.25, 0.3) is 126 Å². The van der Waals surface area contributed by atoms with Crippen LogP contribution in [0.4, 0.5) is 0 Å². The summed E-state index contributed by atoms with van der Waals surface area (Å²) in [6.07, 6.45) is 0. The van der Waals surface area contributed by atoms with E-state index in [0.717, 1.165) is 16.7 Å². The molecule has 4 heteroatoms. The van der Waals surface area contributed by atoms with Crippen molar-refractivity contribution in [3.63, 3.8) is 0 Å². The number of aromatic nitrogens is 4. The molecule has 0 saturated heterocycles. The molecular weight excluding hydrogens is 669 g/mol. The van der Waals surface area contributed by atoms with E-state index in [4.69, 9.17) is 4.98 Å². The van der Waals surface area contributed by atoms with Gasteiger partial charge in [0.2, 0.25) is 0 Å². The van der Waals surface area contributed by atoms with Gasteiger partial charge >= 0.3 is 0 Å². The van der Waals surface area contributed by atoms with Crippen LogP contribution in [0.2, 0.25) is 0 Å². The van der Waals surface area contributed by atoms with Crippen molar-refractivity contribution in [1.29, 1.82) is 0 Å². The number of fused-ring (bicyclic) bond motifs is 17. The second-order valence-electron chi connectivity index (χ2n) is 15.1. The molecule has 0 atom stereocenters. The summed E-state index contributed by atoms with van der Waals surface area (Å²) in [6, 6.07) is 62.4. The van der Waals surface area contributed by atoms with Gasteiger partial charge in [0.15, 0.2) is 0 Å². The van der Waals surface area contributed by atoms with Crippen molar-refractivity contribution in [2.45, 2.75) is 0 Å². The zero-order chi connectivity index (χ0) is 35.5. The summed E-state index contributed by atoms with van der Waals surface area (Å²) in [5.74, 6) is 0. The van der Waals surface area contributed by atoms with Gasteiger partial charge in [-0.1, -0.05) is 121 Å². The maximum atomic E-state index is 5.77. The third kappa shape index (κ3) is 3.33. The number of hydrogen-bond acceptors (Lipinski definition) is 1. The van der Waals surface area contributed by atoms with Crippen molar-refractivity contribution >= 4 is 109 Å². The molecule has 0 saturated carbocycles. The van der Waals surface area contributed by atoms with E-state index in [-0.39, 0.29) is 0 Å². The van der Waals surface area contributed by atoms with Crippen molar-refractivity contribution in [1.82, 2.24) is 18.4 Å². The van der Waals surface area contributed by atoms with Crippen LogP contribution in [0.15, 0.2) is 170 Å². The molecular formula is C51H28N4. The second kappa shape index (κ2) is 9.75. The second-order valence-corrected chi connectivity index (χ2v) is 15.1. The zero-order valence-electron chi connectivity index (χ0n) is 29.5. The maximum Gasteiger partial charge on any atom is 0.146 e. The molecule has 0 aliphatic carbocycles. The summed E-state index contributed by atoms with van der Waals surface area (Å²) >= 11 is 0. The fraction of sp³-hybridized carbons (Fsp3) is 0. The number of para-hydroxylation sites is 5. The molecule has 0 radical (unpaired) electrons. The van der Waals surface area contributed by atoms with Crippen LogP contribution in [0, 0.1) is 0 Å². The summed E-state index contributed by atoms with van der Waals surface area (Å²) in [4.78, 5) is 5.77. The normalized spacial score (nSPS) is 12.7. The lowest BCUT2D eigenvalue weighted by molar-refractivity contribution is 1.18. The highest BCUT2D eigenvalue weighted by Crippen LogP contribution is 2.47. The monoisotopic (exact) mass is 696 g/mol. The molecule has 0 aliphatic rings. The summed E-state index contributed by atoms with van der Waals surface area (Å²) in [5.41, 5.74) is 14.1. The van der Waals surface area contributed by atoms with Gasteiger partial charge in [-0.2, -0.15) is 0 Å². The quantitative estimate of drug-likeness (QED) is 0.177. The Bertz CT molecular complexity index is 3940. The highest BCUT2D eigenvalue weighted by atomic mass is 15.0. The van der Waals surface area contributed by atoms with Crippen LogP contribution in [0.1, 0.15) is 0 Å². The Labute approximate surface area is 313 Å². The Hall–Kier alpha value is -7.43. The Morgan fingerprint density at radius 1 is 0.364 bits per heavy atom. The Morgan fingerprint density at radius 2 is 1.02 bits per heavy atom. The third-order valence-electron chi connectivity index (χ3n) is 12.4. The van der Waals surface area contributed by atoms with Crippen LogP contribution in [-0.4, -0.2) is 18.4 Å². The van der Waals surface area contributed by atoms with Gasteiger partial charge in [0.25, 0.3) is 0 Å². The number of nitrogens with zero attached hydrogens (tertiary/aromatic N) is 4. The van der Waals surface area contributed by atoms with Crippen molar-refractivity contribution in [3.8, 4) is 16.8 Å². The largest absolute Gasteiger partial charge is 0.309 e. The highest BCUT2D eigenvalue weighted by Gasteiger charge is 2.25. The lowest BCUT2D eigenvalue weighted by Gasteiger charge is -2.09. The van der Waals surface area contributed by atoms with Gasteiger partial charge in [-0.05, 0) is 64.9 Å². The predicted molar refractivity (Wildman–Crippen MR) is 231 cm³/mol. The smallest absolute Gasteiger partial charge is 0.146 e. The first kappa shape index (κ1) is 28.1. The van der Waals surface area contributed by atoms with E-state index in [1.54, 1.807) is 0 Å². The van der Waals surface area contributed by atoms with Gasteiger partial charge in [0, 0.05) is 59.7 Å². The molecule has 0 amide bonds. The zero-order valence-corrected chi connectivity index (χ0v) is 29.5. The van der Waals surface area contributed by atoms with Crippen LogP contribution >= 0.6 is 0 Å². The van der Waals surface area contributed by atoms with Crippen molar-refractivity contribution in [2.75, 3.05) is 0 Å². The van der Waals surface area contributed by atoms with Crippen molar-refractivity contribution < 1.29 is 0 Å². The van der Waals surface area contributed by atoms with Crippen LogP contribution < -0.4 is 0 Å². The van der Waals surface area contributed by atoms with Gasteiger partial charge in [0.05, 0.1) is 44.1 Å². The Morgan fingerprint density at radius 3 is 1.87 bits per heavy atom. The summed E-state index contributed by atoms with van der Waals surface area (Å²) < 4.78 is 7.32. The summed E-state index contributed by atoms with van der Waals surface area (Å²) in [6.45, 7) is 0. The summed E-state index contributed by atoms with van der Waals surface area (Å²) in [7, 11) is 0. The molecule has 55 heavy (non-hydrogen) atoms. The van der Waals surface area contributed by atoms with E-state index in [9.17, 15) is 0 Å². The summed E-state index contributed by atoms with van der Waals surface area (Å²) in [5, 5.41) is 13.7. The number of pyridine rings is 1. The predicted octanol–water partition coefficient (Wildman–Crippen LogP) is 13.3. The average molecular weight is 697 g/mol. The molecule has 0 fully saturated rings. The van der Waals surface area contributed by atoms with Gasteiger partial charge in [0.1, 0.15) is 5.65 Å². The molecule has 8 aromatic carbocycles. The minimum atomic E-state index is 1.00. The molecule has 0 bridgehead atoms. The lowest BCUT2D eigenvalue weighted by atomic mass is 9.99. The van der Waals surface area contributed by atoms with Gasteiger partial charge in [-0.15, -0.1) is 0 Å². The first-order valence-corrected chi connectivity index (χ1v) is 19.0. The SMILES string of the molecule is c1ccc(-n2c3ccccc3c3cc(-c4cccc5c6cccc7c8cc9c(nc8n(c45)c76)c4c5ccccc5cc5c6ccccc6n9c54)ccc32)cc1. The average Bonchev–Trinajstić information content (AvgIpc) is 4.03. The van der Waals surface area contributed by atoms with Crippen molar-refractivity contribution in [3.05, 3.63) is 170 Å². The minimum absolute atomic E-state index is 1.00. The molecule has 6 heterocycles. The van der Waals surface area contributed by atoms with Crippen LogP contribution in [0.3, 0.4) is 0 Å². The minimum Gasteiger partial charge on any atom is -0.309 e. The van der Waals surface area contributed by atoms with E-state index in [1.165, 1.54) is 109 Å². The van der Waals surface area contributed by atoms with E-state index in [2.05, 4.69) is 183 Å². The maximum absolute atomic E-state index is 5.77. The molecule has 0 spiro atoms. The first-order valence-electron chi connectivity index (χ1n) is 19.0. The Balaban J connectivity index is 1.13. The van der Waals surface area contributed by atoms with E-state index in [1.807, 2.05) is 0 Å². The van der Waals surface area contributed by atoms with Crippen molar-refractivity contribution in [2.24, 2.45) is 0 Å². The standard InChI is InChI=1S/C51H28N4/c1-2-13-31(14-3-1)53-42-22-8-6-16-34(42)39-26-30(24-25-44(39)53)33-18-10-19-36-37-20-11-21-38-41-28-45-47(52-51(41)55(48(33)36)49(37)38)46-32-15-5-4-12-29(32)27-40-35-17-7-9-23-43(35)54(45)50(40)46/h1-28H. The Kier molecular flexibility index (Phi) is 4.99. The fourth-order valence-corrected chi connectivity index (χ4v) is 10.3. The van der Waals surface area contributed by atoms with E-state index in [0.29, 0.717) is 0 Å². The van der Waals surface area contributed by atoms with Gasteiger partial charge in [-0.25, -0.2) is 4.98 Å². The molecule has 0 N–H and O–H groups in total. The number of hydrogen-bond donors (Lipinski definition) is 0. The van der Waals surface area contributed by atoms with E-state index < -0.39 is 0 Å². The molecule has 252 valence electrons. The first-order chi connectivity index (χ1) is 27.3. The highest BCUT2D eigenvalue weighted by molar-refractivity contribution is 6.32. The van der Waals surface area contributed by atoms with E-state index >= 15 is 0 Å². The van der Waals surface area contributed by atoms with Gasteiger partial charge in [-0.3, -0.25) is 4.40 Å². The van der Waals surface area contributed by atoms with Gasteiger partial charge < -0.3 is 8.97 Å². The number of benzene rings is 8. The number of rotatable bonds is 2. The van der Waals surface area contributed by atoms with Crippen LogP contribution in [0.5, 0.6) is 0 Å². The fourth-order valence-electron chi connectivity index (χ4n) is 10.3. The van der Waals surface area contributed by atoms with Crippen LogP contribution in [-0.2, 0) is 0 Å². The third-order valence-corrected chi connectivity index (χ3v) is 12.4. The molecule has 0 aliphatic heterocycles. The molecule has 0 unspecified atom stereocenters. The molecule has 6 aromatic heterocycles. The molecule has 14 rings (SSSR count). The molecule has 14 aromatic rings. The lowest BCUT2D eigenvalue weighted by Crippen LogP contribution is -1.93. The topological polar surface area (TPSA) is 26.6 Å².